The Bertz CT molecular complexity index is 1200. The molecular formula is C22H18ClN3O4. The van der Waals surface area contributed by atoms with Gasteiger partial charge in [0.25, 0.3) is 5.91 Å². The highest BCUT2D eigenvalue weighted by atomic mass is 35.5. The first kappa shape index (κ1) is 19.6. The highest BCUT2D eigenvalue weighted by Gasteiger charge is 2.22. The Kier molecular flexibility index (Phi) is 5.20. The fraction of sp³-hybridized carbons (Fsp3) is 0.0909. The van der Waals surface area contributed by atoms with E-state index in [-0.39, 0.29) is 23.6 Å². The Morgan fingerprint density at radius 3 is 2.67 bits per heavy atom. The van der Waals surface area contributed by atoms with Crippen molar-refractivity contribution >= 4 is 17.5 Å². The van der Waals surface area contributed by atoms with Gasteiger partial charge in [0.2, 0.25) is 0 Å². The molecule has 4 aromatic rings. The molecule has 2 N–H and O–H groups in total. The largest absolute Gasteiger partial charge is 0.507 e. The normalized spacial score (nSPS) is 10.9. The number of para-hydroxylation sites is 1. The molecular weight excluding hydrogens is 406 g/mol. The number of rotatable bonds is 5. The van der Waals surface area contributed by atoms with Gasteiger partial charge in [-0.3, -0.25) is 4.79 Å². The molecule has 0 aliphatic rings. The van der Waals surface area contributed by atoms with E-state index in [2.05, 4.69) is 5.10 Å². The van der Waals surface area contributed by atoms with E-state index in [0.29, 0.717) is 27.7 Å². The molecule has 7 nitrogen and oxygen atoms in total. The van der Waals surface area contributed by atoms with Crippen LogP contribution >= 0.6 is 11.6 Å². The van der Waals surface area contributed by atoms with E-state index < -0.39 is 5.91 Å². The summed E-state index contributed by atoms with van der Waals surface area (Å²) in [5.74, 6) is -0.321. The SMILES string of the molecule is CN(Cc1ccco1)C(=O)c1cc(-c2ccnn2-c2ccccc2Cl)c(O)cc1O. The zero-order chi connectivity index (χ0) is 21.3. The van der Waals surface area contributed by atoms with Crippen molar-refractivity contribution in [1.29, 1.82) is 0 Å². The van der Waals surface area contributed by atoms with E-state index in [0.717, 1.165) is 6.07 Å². The minimum Gasteiger partial charge on any atom is -0.507 e. The van der Waals surface area contributed by atoms with E-state index in [4.69, 9.17) is 16.0 Å². The number of halogens is 1. The Labute approximate surface area is 177 Å². The third kappa shape index (κ3) is 3.62. The molecule has 8 heteroatoms. The van der Waals surface area contributed by atoms with Crippen LogP contribution in [0, 0.1) is 0 Å². The lowest BCUT2D eigenvalue weighted by Gasteiger charge is -2.18. The zero-order valence-electron chi connectivity index (χ0n) is 16.0. The standard InChI is InChI=1S/C22H18ClN3O4/c1-25(13-14-5-4-10-30-14)22(29)16-11-15(20(27)12-21(16)28)18-8-9-24-26(18)19-7-3-2-6-17(19)23/h2-12,27-28H,13H2,1H3. The molecule has 0 aliphatic heterocycles. The molecule has 0 saturated carbocycles. The van der Waals surface area contributed by atoms with Gasteiger partial charge in [-0.15, -0.1) is 0 Å². The van der Waals surface area contributed by atoms with Crippen molar-refractivity contribution in [3.63, 3.8) is 0 Å². The number of hydrogen-bond donors (Lipinski definition) is 2. The monoisotopic (exact) mass is 423 g/mol. The van der Waals surface area contributed by atoms with Crippen LogP contribution in [0.15, 0.2) is 71.5 Å². The summed E-state index contributed by atoms with van der Waals surface area (Å²) in [6.45, 7) is 0.235. The summed E-state index contributed by atoms with van der Waals surface area (Å²) in [5.41, 5.74) is 1.52. The van der Waals surface area contributed by atoms with Crippen LogP contribution < -0.4 is 0 Å². The summed E-state index contributed by atoms with van der Waals surface area (Å²) in [5, 5.41) is 25.6. The number of hydrogen-bond acceptors (Lipinski definition) is 5. The summed E-state index contributed by atoms with van der Waals surface area (Å²) < 4.78 is 6.84. The molecule has 30 heavy (non-hydrogen) atoms. The van der Waals surface area contributed by atoms with E-state index >= 15 is 0 Å². The molecule has 0 bridgehead atoms. The Morgan fingerprint density at radius 2 is 1.93 bits per heavy atom. The summed E-state index contributed by atoms with van der Waals surface area (Å²) in [4.78, 5) is 14.3. The fourth-order valence-corrected chi connectivity index (χ4v) is 3.41. The molecule has 2 aromatic heterocycles. The van der Waals surface area contributed by atoms with Crippen LogP contribution in [-0.2, 0) is 6.54 Å². The highest BCUT2D eigenvalue weighted by molar-refractivity contribution is 6.32. The molecule has 2 aromatic carbocycles. The van der Waals surface area contributed by atoms with E-state index in [1.807, 2.05) is 6.07 Å². The Morgan fingerprint density at radius 1 is 1.13 bits per heavy atom. The molecule has 0 radical (unpaired) electrons. The van der Waals surface area contributed by atoms with Gasteiger partial charge in [-0.1, -0.05) is 23.7 Å². The Hall–Kier alpha value is -3.71. The van der Waals surface area contributed by atoms with Crippen LogP contribution in [0.25, 0.3) is 16.9 Å². The lowest BCUT2D eigenvalue weighted by molar-refractivity contribution is 0.0772. The third-order valence-corrected chi connectivity index (χ3v) is 4.98. The molecule has 0 spiro atoms. The van der Waals surface area contributed by atoms with Crippen molar-refractivity contribution in [1.82, 2.24) is 14.7 Å². The maximum absolute atomic E-state index is 12.9. The van der Waals surface area contributed by atoms with Gasteiger partial charge in [0.05, 0.1) is 41.0 Å². The second-order valence-corrected chi connectivity index (χ2v) is 7.11. The van der Waals surface area contributed by atoms with Gasteiger partial charge in [-0.05, 0) is 36.4 Å². The molecule has 1 amide bonds. The summed E-state index contributed by atoms with van der Waals surface area (Å²) in [7, 11) is 1.60. The quantitative estimate of drug-likeness (QED) is 0.494. The lowest BCUT2D eigenvalue weighted by atomic mass is 10.0. The van der Waals surface area contributed by atoms with Gasteiger partial charge in [-0.2, -0.15) is 5.10 Å². The number of carbonyl (C=O) groups excluding carboxylic acids is 1. The number of furan rings is 1. The molecule has 2 heterocycles. The summed E-state index contributed by atoms with van der Waals surface area (Å²) in [6, 6.07) is 14.9. The second-order valence-electron chi connectivity index (χ2n) is 6.71. The molecule has 4 rings (SSSR count). The van der Waals surface area contributed by atoms with Crippen molar-refractivity contribution in [2.24, 2.45) is 0 Å². The fourth-order valence-electron chi connectivity index (χ4n) is 3.19. The van der Waals surface area contributed by atoms with Crippen molar-refractivity contribution < 1.29 is 19.4 Å². The number of phenols is 2. The molecule has 152 valence electrons. The van der Waals surface area contributed by atoms with Gasteiger partial charge >= 0.3 is 0 Å². The molecule has 0 atom stereocenters. The minimum absolute atomic E-state index is 0.0452. The first-order valence-electron chi connectivity index (χ1n) is 9.09. The first-order valence-corrected chi connectivity index (χ1v) is 9.46. The molecule has 0 fully saturated rings. The first-order chi connectivity index (χ1) is 14.5. The highest BCUT2D eigenvalue weighted by Crippen LogP contribution is 2.37. The minimum atomic E-state index is -0.422. The number of phenolic OH excluding ortho intramolecular Hbond substituents is 2. The molecule has 0 saturated heterocycles. The summed E-state index contributed by atoms with van der Waals surface area (Å²) in [6.07, 6.45) is 3.09. The number of aromatic hydroxyl groups is 2. The van der Waals surface area contributed by atoms with Crippen LogP contribution in [0.3, 0.4) is 0 Å². The maximum atomic E-state index is 12.9. The maximum Gasteiger partial charge on any atom is 0.257 e. The van der Waals surface area contributed by atoms with Crippen LogP contribution in [0.2, 0.25) is 5.02 Å². The van der Waals surface area contributed by atoms with E-state index in [1.54, 1.807) is 54.3 Å². The van der Waals surface area contributed by atoms with Gasteiger partial charge in [-0.25, -0.2) is 4.68 Å². The average Bonchev–Trinajstić information content (AvgIpc) is 3.40. The molecule has 0 unspecified atom stereocenters. The number of aromatic nitrogens is 2. The van der Waals surface area contributed by atoms with E-state index in [1.165, 1.54) is 17.2 Å². The smallest absolute Gasteiger partial charge is 0.257 e. The predicted molar refractivity (Wildman–Crippen MR) is 112 cm³/mol. The van der Waals surface area contributed by atoms with Gasteiger partial charge in [0.15, 0.2) is 0 Å². The van der Waals surface area contributed by atoms with Crippen molar-refractivity contribution in [3.8, 4) is 28.4 Å². The van der Waals surface area contributed by atoms with Crippen LogP contribution in [-0.4, -0.2) is 37.8 Å². The van der Waals surface area contributed by atoms with Gasteiger partial charge in [0.1, 0.15) is 17.3 Å². The predicted octanol–water partition coefficient (Wildman–Crippen LogP) is 4.47. The van der Waals surface area contributed by atoms with Crippen molar-refractivity contribution in [2.45, 2.75) is 6.54 Å². The van der Waals surface area contributed by atoms with Gasteiger partial charge in [0, 0.05) is 18.7 Å². The van der Waals surface area contributed by atoms with Crippen molar-refractivity contribution in [3.05, 3.63) is 83.4 Å². The number of nitrogens with zero attached hydrogens (tertiary/aromatic N) is 3. The topological polar surface area (TPSA) is 91.7 Å². The third-order valence-electron chi connectivity index (χ3n) is 4.66. The van der Waals surface area contributed by atoms with Crippen LogP contribution in [0.4, 0.5) is 0 Å². The Balaban J connectivity index is 1.74. The van der Waals surface area contributed by atoms with Gasteiger partial charge < -0.3 is 19.5 Å². The van der Waals surface area contributed by atoms with Crippen molar-refractivity contribution in [2.75, 3.05) is 7.05 Å². The molecule has 0 aliphatic carbocycles. The summed E-state index contributed by atoms with van der Waals surface area (Å²) >= 11 is 6.30. The number of benzene rings is 2. The van der Waals surface area contributed by atoms with E-state index in [9.17, 15) is 15.0 Å². The second kappa shape index (κ2) is 7.96. The van der Waals surface area contributed by atoms with Crippen LogP contribution in [0.1, 0.15) is 16.1 Å². The van der Waals surface area contributed by atoms with Crippen LogP contribution in [0.5, 0.6) is 11.5 Å². The number of amides is 1. The lowest BCUT2D eigenvalue weighted by Crippen LogP contribution is -2.26. The average molecular weight is 424 g/mol. The number of carbonyl (C=O) groups is 1. The zero-order valence-corrected chi connectivity index (χ0v) is 16.7.